The summed E-state index contributed by atoms with van der Waals surface area (Å²) in [6.45, 7) is 5.28. The molecule has 7 heteroatoms. The second-order valence-corrected chi connectivity index (χ2v) is 5.17. The zero-order valence-electron chi connectivity index (χ0n) is 9.03. The largest absolute Gasteiger partial charge is 0.329 e. The van der Waals surface area contributed by atoms with E-state index in [0.29, 0.717) is 11.4 Å². The van der Waals surface area contributed by atoms with E-state index in [1.54, 1.807) is 20.8 Å². The Labute approximate surface area is 89.3 Å². The minimum absolute atomic E-state index is 0.211. The molecule has 0 bridgehead atoms. The van der Waals surface area contributed by atoms with Crippen LogP contribution in [0, 0.1) is 13.8 Å². The average molecular weight is 232 g/mol. The number of aromatic nitrogens is 2. The number of rotatable bonds is 4. The highest BCUT2D eigenvalue weighted by Gasteiger charge is 2.23. The van der Waals surface area contributed by atoms with Crippen LogP contribution in [-0.4, -0.2) is 31.2 Å². The first-order chi connectivity index (χ1) is 6.88. The maximum atomic E-state index is 11.9. The fraction of sp³-hybridized carbons (Fsp3) is 0.625. The van der Waals surface area contributed by atoms with E-state index in [-0.39, 0.29) is 17.5 Å². The molecule has 0 spiro atoms. The average Bonchev–Trinajstić information content (AvgIpc) is 2.45. The van der Waals surface area contributed by atoms with Gasteiger partial charge in [-0.15, -0.1) is 0 Å². The smallest absolute Gasteiger partial charge is 0.244 e. The molecule has 0 aromatic carbocycles. The van der Waals surface area contributed by atoms with E-state index in [1.807, 2.05) is 0 Å². The van der Waals surface area contributed by atoms with E-state index >= 15 is 0 Å². The molecule has 0 radical (unpaired) electrons. The van der Waals surface area contributed by atoms with Crippen LogP contribution < -0.4 is 10.5 Å². The van der Waals surface area contributed by atoms with E-state index in [2.05, 4.69) is 14.9 Å². The summed E-state index contributed by atoms with van der Waals surface area (Å²) < 4.78 is 26.2. The lowest BCUT2D eigenvalue weighted by Gasteiger charge is -2.11. The van der Waals surface area contributed by atoms with Crippen LogP contribution in [0.3, 0.4) is 0 Å². The summed E-state index contributed by atoms with van der Waals surface area (Å²) in [5.74, 6) is 0. The molecule has 1 heterocycles. The Balaban J connectivity index is 3.07. The van der Waals surface area contributed by atoms with Gasteiger partial charge in [-0.3, -0.25) is 5.10 Å². The highest BCUT2D eigenvalue weighted by molar-refractivity contribution is 7.89. The Morgan fingerprint density at radius 2 is 2.13 bits per heavy atom. The van der Waals surface area contributed by atoms with Crippen molar-refractivity contribution in [3.05, 3.63) is 11.4 Å². The normalized spacial score (nSPS) is 14.1. The fourth-order valence-electron chi connectivity index (χ4n) is 1.31. The standard InChI is InChI=1S/C8H16N4O2S/c1-5(4-9)12-15(13,14)8-6(2)10-11-7(8)3/h5,12H,4,9H2,1-3H3,(H,10,11)/t5-/m1/s1. The molecule has 1 atom stereocenters. The van der Waals surface area contributed by atoms with Crippen molar-refractivity contribution in [2.24, 2.45) is 5.73 Å². The zero-order chi connectivity index (χ0) is 11.6. The van der Waals surface area contributed by atoms with Crippen LogP contribution in [-0.2, 0) is 10.0 Å². The molecular weight excluding hydrogens is 216 g/mol. The van der Waals surface area contributed by atoms with Gasteiger partial charge in [0.25, 0.3) is 0 Å². The predicted octanol–water partition coefficient (Wildman–Crippen LogP) is -0.348. The summed E-state index contributed by atoms with van der Waals surface area (Å²) in [6, 6.07) is -0.288. The van der Waals surface area contributed by atoms with Gasteiger partial charge >= 0.3 is 0 Å². The second-order valence-electron chi connectivity index (χ2n) is 3.52. The maximum absolute atomic E-state index is 11.9. The summed E-state index contributed by atoms with van der Waals surface area (Å²) in [7, 11) is -3.51. The van der Waals surface area contributed by atoms with Gasteiger partial charge in [0.2, 0.25) is 10.0 Å². The van der Waals surface area contributed by atoms with Gasteiger partial charge in [-0.05, 0) is 20.8 Å². The number of aryl methyl sites for hydroxylation is 2. The Morgan fingerprint density at radius 3 is 2.53 bits per heavy atom. The van der Waals surface area contributed by atoms with Crippen LogP contribution in [0.1, 0.15) is 18.3 Å². The number of H-pyrrole nitrogens is 1. The SMILES string of the molecule is Cc1n[nH]c(C)c1S(=O)(=O)N[C@H](C)CN. The van der Waals surface area contributed by atoms with Crippen molar-refractivity contribution >= 4 is 10.0 Å². The Hall–Kier alpha value is -0.920. The summed E-state index contributed by atoms with van der Waals surface area (Å²) in [5, 5.41) is 6.47. The molecule has 0 saturated carbocycles. The number of aromatic amines is 1. The Morgan fingerprint density at radius 1 is 1.53 bits per heavy atom. The van der Waals surface area contributed by atoms with Crippen molar-refractivity contribution in [2.75, 3.05) is 6.54 Å². The van der Waals surface area contributed by atoms with E-state index in [4.69, 9.17) is 5.73 Å². The summed E-state index contributed by atoms with van der Waals surface area (Å²) in [6.07, 6.45) is 0. The highest BCUT2D eigenvalue weighted by Crippen LogP contribution is 2.16. The molecule has 0 aliphatic carbocycles. The lowest BCUT2D eigenvalue weighted by atomic mass is 10.4. The van der Waals surface area contributed by atoms with E-state index in [1.165, 1.54) is 0 Å². The third kappa shape index (κ3) is 2.55. The molecule has 0 amide bonds. The van der Waals surface area contributed by atoms with Crippen LogP contribution in [0.2, 0.25) is 0 Å². The fourth-order valence-corrected chi connectivity index (χ4v) is 2.94. The molecule has 0 aliphatic heterocycles. The number of hydrogen-bond acceptors (Lipinski definition) is 4. The molecular formula is C8H16N4O2S. The number of nitrogens with one attached hydrogen (secondary N) is 2. The van der Waals surface area contributed by atoms with E-state index in [9.17, 15) is 8.42 Å². The van der Waals surface area contributed by atoms with Gasteiger partial charge in [0.15, 0.2) is 0 Å². The van der Waals surface area contributed by atoms with E-state index < -0.39 is 10.0 Å². The van der Waals surface area contributed by atoms with Crippen molar-refractivity contribution in [3.8, 4) is 0 Å². The lowest BCUT2D eigenvalue weighted by molar-refractivity contribution is 0.561. The van der Waals surface area contributed by atoms with Crippen molar-refractivity contribution in [1.29, 1.82) is 0 Å². The monoisotopic (exact) mass is 232 g/mol. The van der Waals surface area contributed by atoms with Gasteiger partial charge in [-0.1, -0.05) is 0 Å². The maximum Gasteiger partial charge on any atom is 0.244 e. The molecule has 86 valence electrons. The first-order valence-corrected chi connectivity index (χ1v) is 6.10. The Bertz CT molecular complexity index is 418. The van der Waals surface area contributed by atoms with Crippen molar-refractivity contribution in [1.82, 2.24) is 14.9 Å². The molecule has 0 fully saturated rings. The number of sulfonamides is 1. The van der Waals surface area contributed by atoms with Crippen molar-refractivity contribution < 1.29 is 8.42 Å². The molecule has 0 unspecified atom stereocenters. The highest BCUT2D eigenvalue weighted by atomic mass is 32.2. The molecule has 15 heavy (non-hydrogen) atoms. The first-order valence-electron chi connectivity index (χ1n) is 4.62. The minimum Gasteiger partial charge on any atom is -0.329 e. The molecule has 1 rings (SSSR count). The molecule has 0 saturated heterocycles. The number of nitrogens with two attached hydrogens (primary N) is 1. The summed E-state index contributed by atoms with van der Waals surface area (Å²) in [4.78, 5) is 0.211. The van der Waals surface area contributed by atoms with Crippen LogP contribution in [0.5, 0.6) is 0 Å². The third-order valence-electron chi connectivity index (χ3n) is 2.04. The molecule has 4 N–H and O–H groups in total. The van der Waals surface area contributed by atoms with Gasteiger partial charge in [0.1, 0.15) is 4.90 Å². The third-order valence-corrected chi connectivity index (χ3v) is 3.89. The number of hydrogen-bond donors (Lipinski definition) is 3. The molecule has 6 nitrogen and oxygen atoms in total. The van der Waals surface area contributed by atoms with Gasteiger partial charge in [-0.2, -0.15) is 5.10 Å². The first kappa shape index (κ1) is 12.2. The molecule has 1 aromatic heterocycles. The summed E-state index contributed by atoms with van der Waals surface area (Å²) >= 11 is 0. The van der Waals surface area contributed by atoms with Gasteiger partial charge < -0.3 is 5.73 Å². The van der Waals surface area contributed by atoms with Crippen LogP contribution in [0.25, 0.3) is 0 Å². The van der Waals surface area contributed by atoms with Crippen molar-refractivity contribution in [3.63, 3.8) is 0 Å². The second kappa shape index (κ2) is 4.30. The molecule has 0 aliphatic rings. The predicted molar refractivity (Wildman–Crippen MR) is 56.9 cm³/mol. The van der Waals surface area contributed by atoms with Gasteiger partial charge in [0, 0.05) is 12.6 Å². The molecule has 1 aromatic rings. The lowest BCUT2D eigenvalue weighted by Crippen LogP contribution is -2.38. The number of nitrogens with zero attached hydrogens (tertiary/aromatic N) is 1. The van der Waals surface area contributed by atoms with E-state index in [0.717, 1.165) is 0 Å². The van der Waals surface area contributed by atoms with Crippen LogP contribution in [0.15, 0.2) is 4.90 Å². The van der Waals surface area contributed by atoms with Crippen LogP contribution in [0.4, 0.5) is 0 Å². The minimum atomic E-state index is -3.51. The zero-order valence-corrected chi connectivity index (χ0v) is 9.85. The van der Waals surface area contributed by atoms with Gasteiger partial charge in [0.05, 0.1) is 11.4 Å². The van der Waals surface area contributed by atoms with Crippen molar-refractivity contribution in [2.45, 2.75) is 31.7 Å². The summed E-state index contributed by atoms with van der Waals surface area (Å²) in [5.41, 5.74) is 6.35. The van der Waals surface area contributed by atoms with Crippen LogP contribution >= 0.6 is 0 Å². The van der Waals surface area contributed by atoms with Gasteiger partial charge in [-0.25, -0.2) is 13.1 Å². The topological polar surface area (TPSA) is 101 Å². The Kier molecular flexibility index (Phi) is 3.48. The quantitative estimate of drug-likeness (QED) is 0.660.